The van der Waals surface area contributed by atoms with Gasteiger partial charge in [0.2, 0.25) is 0 Å². The summed E-state index contributed by atoms with van der Waals surface area (Å²) in [6, 6.07) is 3.64. The highest BCUT2D eigenvalue weighted by Gasteiger charge is 2.20. The van der Waals surface area contributed by atoms with Crippen molar-refractivity contribution in [2.24, 2.45) is 0 Å². The maximum Gasteiger partial charge on any atom is 0.191 e. The quantitative estimate of drug-likeness (QED) is 0.342. The molecule has 0 N–H and O–H groups in total. The molecule has 0 radical (unpaired) electrons. The lowest BCUT2D eigenvalue weighted by molar-refractivity contribution is -0.612. The Morgan fingerprint density at radius 2 is 2.44 bits per heavy atom. The van der Waals surface area contributed by atoms with E-state index in [1.807, 2.05) is 6.07 Å². The molecule has 0 aromatic carbocycles. The molecule has 16 heavy (non-hydrogen) atoms. The zero-order valence-corrected chi connectivity index (χ0v) is 11.0. The predicted molar refractivity (Wildman–Crippen MR) is 67.9 cm³/mol. The molecule has 2 rings (SSSR count). The minimum atomic E-state index is -0.302. The largest absolute Gasteiger partial charge is 0.619 e. The van der Waals surface area contributed by atoms with Crippen LogP contribution in [0.2, 0.25) is 0 Å². The molecule has 2 heterocycles. The Kier molecular flexibility index (Phi) is 4.98. The molecule has 1 aromatic heterocycles. The molecule has 7 heteroatoms. The average Bonchev–Trinajstić information content (AvgIpc) is 2.22. The number of rotatable bonds is 1. The molecule has 90 valence electrons. The first-order valence-corrected chi connectivity index (χ1v) is 5.88. The monoisotopic (exact) mass is 282 g/mol. The lowest BCUT2D eigenvalue weighted by Gasteiger charge is -2.30. The maximum absolute atomic E-state index is 11.2. The van der Waals surface area contributed by atoms with Crippen molar-refractivity contribution in [1.29, 1.82) is 0 Å². The molecule has 0 spiro atoms. The van der Waals surface area contributed by atoms with E-state index in [1.54, 1.807) is 13.0 Å². The lowest BCUT2D eigenvalue weighted by Crippen LogP contribution is -2.36. The summed E-state index contributed by atoms with van der Waals surface area (Å²) in [7, 11) is 0. The van der Waals surface area contributed by atoms with E-state index >= 15 is 0 Å². The fourth-order valence-corrected chi connectivity index (χ4v) is 2.36. The van der Waals surface area contributed by atoms with Crippen molar-refractivity contribution >= 4 is 41.7 Å². The minimum absolute atomic E-state index is 0. The van der Waals surface area contributed by atoms with E-state index in [9.17, 15) is 5.21 Å². The van der Waals surface area contributed by atoms with Crippen molar-refractivity contribution in [1.82, 2.24) is 0 Å². The van der Waals surface area contributed by atoms with Crippen molar-refractivity contribution in [2.75, 3.05) is 17.3 Å². The molecule has 1 aromatic rings. The smallest absolute Gasteiger partial charge is 0.191 e. The van der Waals surface area contributed by atoms with Crippen LogP contribution in [0.3, 0.4) is 0 Å². The third-order valence-corrected chi connectivity index (χ3v) is 3.31. The van der Waals surface area contributed by atoms with E-state index < -0.39 is 0 Å². The maximum atomic E-state index is 11.2. The molecular weight excluding hydrogens is 271 g/mol. The van der Waals surface area contributed by atoms with Crippen molar-refractivity contribution in [2.45, 2.75) is 12.5 Å². The van der Waals surface area contributed by atoms with Gasteiger partial charge >= 0.3 is 0 Å². The molecule has 0 amide bonds. The third kappa shape index (κ3) is 3.07. The summed E-state index contributed by atoms with van der Waals surface area (Å²) in [4.78, 5) is 2.08. The van der Waals surface area contributed by atoms with Gasteiger partial charge in [-0.05, 0) is 0 Å². The van der Waals surface area contributed by atoms with E-state index in [4.69, 9.17) is 15.8 Å². The van der Waals surface area contributed by atoms with E-state index in [0.29, 0.717) is 12.2 Å². The van der Waals surface area contributed by atoms with E-state index in [-0.39, 0.29) is 18.0 Å². The summed E-state index contributed by atoms with van der Waals surface area (Å²) >= 11 is 7.21. The Balaban J connectivity index is 0.00000128. The van der Waals surface area contributed by atoms with Crippen LogP contribution in [0.1, 0.15) is 5.69 Å². The average molecular weight is 283 g/mol. The molecule has 1 aliphatic rings. The summed E-state index contributed by atoms with van der Waals surface area (Å²) < 4.78 is 6.00. The van der Waals surface area contributed by atoms with Crippen LogP contribution in [-0.2, 0) is 4.18 Å². The topological polar surface area (TPSA) is 39.4 Å². The Labute approximate surface area is 110 Å². The number of anilines is 1. The van der Waals surface area contributed by atoms with Gasteiger partial charge in [0.05, 0.1) is 12.4 Å². The second kappa shape index (κ2) is 5.82. The van der Waals surface area contributed by atoms with Crippen LogP contribution in [0.15, 0.2) is 18.3 Å². The van der Waals surface area contributed by atoms with Crippen LogP contribution in [0.4, 0.5) is 5.69 Å². The highest BCUT2D eigenvalue weighted by molar-refractivity contribution is 7.94. The van der Waals surface area contributed by atoms with Gasteiger partial charge < -0.3 is 10.1 Å². The molecule has 4 nitrogen and oxygen atoms in total. The standard InChI is InChI=1S/C9H11ClN2O2S.ClH/c1-7-4-8(2-3-12(7)13)11-5-9(10)14-15-6-11;/h2-4,9H,5-6H2,1H3;1H. The van der Waals surface area contributed by atoms with Gasteiger partial charge in [-0.2, -0.15) is 4.73 Å². The van der Waals surface area contributed by atoms with E-state index in [2.05, 4.69) is 4.90 Å². The number of aryl methyl sites for hydroxylation is 1. The minimum Gasteiger partial charge on any atom is -0.619 e. The second-order valence-corrected chi connectivity index (χ2v) is 4.50. The van der Waals surface area contributed by atoms with Gasteiger partial charge in [-0.15, -0.1) is 12.4 Å². The number of hydrogen-bond acceptors (Lipinski definition) is 4. The van der Waals surface area contributed by atoms with Crippen LogP contribution >= 0.6 is 36.1 Å². The molecule has 1 atom stereocenters. The second-order valence-electron chi connectivity index (χ2n) is 3.33. The highest BCUT2D eigenvalue weighted by Crippen LogP contribution is 2.25. The van der Waals surface area contributed by atoms with Crippen molar-refractivity contribution in [3.63, 3.8) is 0 Å². The first-order chi connectivity index (χ1) is 7.16. The first kappa shape index (κ1) is 13.7. The van der Waals surface area contributed by atoms with Crippen LogP contribution in [0.25, 0.3) is 0 Å². The van der Waals surface area contributed by atoms with Crippen molar-refractivity contribution in [3.8, 4) is 0 Å². The van der Waals surface area contributed by atoms with Crippen LogP contribution < -0.4 is 9.63 Å². The van der Waals surface area contributed by atoms with Crippen molar-refractivity contribution < 1.29 is 8.91 Å². The molecule has 1 aliphatic heterocycles. The highest BCUT2D eigenvalue weighted by atomic mass is 35.5. The predicted octanol–water partition coefficient (Wildman–Crippen LogP) is 2.06. The van der Waals surface area contributed by atoms with Gasteiger partial charge in [-0.3, -0.25) is 4.18 Å². The van der Waals surface area contributed by atoms with Gasteiger partial charge in [0, 0.05) is 36.8 Å². The van der Waals surface area contributed by atoms with Crippen LogP contribution in [0, 0.1) is 12.1 Å². The van der Waals surface area contributed by atoms with Crippen LogP contribution in [-0.4, -0.2) is 18.0 Å². The van der Waals surface area contributed by atoms with Crippen LogP contribution in [0.5, 0.6) is 0 Å². The Bertz CT molecular complexity index is 367. The molecule has 0 bridgehead atoms. The normalized spacial score (nSPS) is 20.4. The van der Waals surface area contributed by atoms with Crippen molar-refractivity contribution in [3.05, 3.63) is 29.2 Å². The molecule has 0 saturated carbocycles. The summed E-state index contributed by atoms with van der Waals surface area (Å²) in [5.41, 5.74) is 1.37. The molecule has 1 saturated heterocycles. The number of pyridine rings is 1. The number of halogens is 2. The van der Waals surface area contributed by atoms with Gasteiger partial charge in [0.15, 0.2) is 17.5 Å². The van der Waals surface area contributed by atoms with Gasteiger partial charge in [-0.25, -0.2) is 0 Å². The number of hydrogen-bond donors (Lipinski definition) is 0. The summed E-state index contributed by atoms with van der Waals surface area (Å²) in [5.74, 6) is 0.728. The Hall–Kier alpha value is -0.360. The van der Waals surface area contributed by atoms with E-state index in [0.717, 1.165) is 16.3 Å². The summed E-state index contributed by atoms with van der Waals surface area (Å²) in [6.45, 7) is 2.42. The fraction of sp³-hybridized carbons (Fsp3) is 0.444. The molecule has 1 unspecified atom stereocenters. The third-order valence-electron chi connectivity index (χ3n) is 2.20. The SMILES string of the molecule is Cc1cc(N2CSOC(Cl)C2)cc[n+]1[O-].Cl. The Morgan fingerprint density at radius 1 is 1.69 bits per heavy atom. The summed E-state index contributed by atoms with van der Waals surface area (Å²) in [5, 5.41) is 11.2. The zero-order valence-electron chi connectivity index (χ0n) is 8.63. The lowest BCUT2D eigenvalue weighted by atomic mass is 10.3. The number of aromatic nitrogens is 1. The molecule has 0 aliphatic carbocycles. The number of nitrogens with zero attached hydrogens (tertiary/aromatic N) is 2. The number of alkyl halides is 1. The van der Waals surface area contributed by atoms with Gasteiger partial charge in [-0.1, -0.05) is 11.6 Å². The zero-order chi connectivity index (χ0) is 10.8. The van der Waals surface area contributed by atoms with Gasteiger partial charge in [0.1, 0.15) is 0 Å². The molecular formula is C9H12Cl2N2O2S. The fourth-order valence-electron chi connectivity index (χ4n) is 1.39. The van der Waals surface area contributed by atoms with Gasteiger partial charge in [0.25, 0.3) is 0 Å². The summed E-state index contributed by atoms with van der Waals surface area (Å²) in [6.07, 6.45) is 1.51. The Morgan fingerprint density at radius 3 is 3.06 bits per heavy atom. The first-order valence-electron chi connectivity index (χ1n) is 4.54. The molecule has 1 fully saturated rings. The van der Waals surface area contributed by atoms with E-state index in [1.165, 1.54) is 18.2 Å².